The van der Waals surface area contributed by atoms with Crippen LogP contribution in [0.15, 0.2) is 0 Å². The van der Waals surface area contributed by atoms with Crippen molar-refractivity contribution >= 4 is 11.8 Å². The second-order valence-corrected chi connectivity index (χ2v) is 3.23. The van der Waals surface area contributed by atoms with Gasteiger partial charge in [-0.15, -0.1) is 0 Å². The van der Waals surface area contributed by atoms with Gasteiger partial charge >= 0.3 is 0 Å². The first kappa shape index (κ1) is 11.1. The molecule has 1 N–H and O–H groups in total. The van der Waals surface area contributed by atoms with E-state index in [4.69, 9.17) is 4.74 Å². The number of ether oxygens (including phenoxy) is 1. The highest BCUT2D eigenvalue weighted by Gasteiger charge is 2.21. The van der Waals surface area contributed by atoms with Crippen LogP contribution in [0.25, 0.3) is 0 Å². The second kappa shape index (κ2) is 5.72. The smallest absolute Gasteiger partial charge is 0.240 e. The third-order valence-electron chi connectivity index (χ3n) is 1.98. The van der Waals surface area contributed by atoms with Crippen LogP contribution in [-0.2, 0) is 14.3 Å². The monoisotopic (exact) mass is 200 g/mol. The average Bonchev–Trinajstić information content (AvgIpc) is 2.11. The van der Waals surface area contributed by atoms with Gasteiger partial charge in [-0.1, -0.05) is 0 Å². The number of carbonyl (C=O) groups is 2. The molecule has 0 aliphatic carbocycles. The minimum absolute atomic E-state index is 0.211. The maximum atomic E-state index is 11.0. The first-order chi connectivity index (χ1) is 6.72. The number of nitrogens with one attached hydrogen (secondary N) is 1. The van der Waals surface area contributed by atoms with E-state index in [1.807, 2.05) is 11.8 Å². The summed E-state index contributed by atoms with van der Waals surface area (Å²) in [5.74, 6) is -0.421. The fourth-order valence-corrected chi connectivity index (χ4v) is 1.39. The predicted octanol–water partition coefficient (Wildman–Crippen LogP) is -0.629. The standard InChI is InChI=1S/C9H16N2O3/c1-2-14-5-3-4-11-6-8(12)10-9(13)7-11/h2-7H2,1H3,(H,10,12,13). The Bertz CT molecular complexity index is 202. The van der Waals surface area contributed by atoms with Crippen LogP contribution in [0.2, 0.25) is 0 Å². The summed E-state index contributed by atoms with van der Waals surface area (Å²) in [5, 5.41) is 2.26. The zero-order chi connectivity index (χ0) is 10.4. The molecule has 5 heteroatoms. The van der Waals surface area contributed by atoms with Gasteiger partial charge in [0, 0.05) is 19.8 Å². The van der Waals surface area contributed by atoms with Gasteiger partial charge in [0.05, 0.1) is 13.1 Å². The van der Waals surface area contributed by atoms with E-state index in [0.29, 0.717) is 26.3 Å². The highest BCUT2D eigenvalue weighted by Crippen LogP contribution is 1.96. The van der Waals surface area contributed by atoms with E-state index in [1.165, 1.54) is 0 Å². The molecule has 5 nitrogen and oxygen atoms in total. The Hall–Kier alpha value is -0.940. The van der Waals surface area contributed by atoms with Crippen molar-refractivity contribution in [2.75, 3.05) is 32.8 Å². The Morgan fingerprint density at radius 3 is 2.57 bits per heavy atom. The van der Waals surface area contributed by atoms with Crippen LogP contribution < -0.4 is 5.32 Å². The summed E-state index contributed by atoms with van der Waals surface area (Å²) in [6.07, 6.45) is 0.856. The fourth-order valence-electron chi connectivity index (χ4n) is 1.39. The Morgan fingerprint density at radius 1 is 1.36 bits per heavy atom. The number of nitrogens with zero attached hydrogens (tertiary/aromatic N) is 1. The summed E-state index contributed by atoms with van der Waals surface area (Å²) in [4.78, 5) is 23.8. The molecule has 0 saturated carbocycles. The minimum atomic E-state index is -0.211. The predicted molar refractivity (Wildman–Crippen MR) is 50.7 cm³/mol. The van der Waals surface area contributed by atoms with E-state index < -0.39 is 0 Å². The second-order valence-electron chi connectivity index (χ2n) is 3.23. The van der Waals surface area contributed by atoms with Crippen molar-refractivity contribution in [2.24, 2.45) is 0 Å². The van der Waals surface area contributed by atoms with Crippen LogP contribution in [-0.4, -0.2) is 49.6 Å². The molecular formula is C9H16N2O3. The Morgan fingerprint density at radius 2 is 2.00 bits per heavy atom. The van der Waals surface area contributed by atoms with Gasteiger partial charge in [0.1, 0.15) is 0 Å². The molecule has 0 spiro atoms. The molecule has 0 aromatic heterocycles. The molecule has 1 aliphatic rings. The molecule has 0 unspecified atom stereocenters. The van der Waals surface area contributed by atoms with Crippen molar-refractivity contribution in [3.8, 4) is 0 Å². The number of rotatable bonds is 5. The van der Waals surface area contributed by atoms with E-state index in [-0.39, 0.29) is 11.8 Å². The quantitative estimate of drug-likeness (QED) is 0.474. The van der Waals surface area contributed by atoms with Crippen LogP contribution in [0.4, 0.5) is 0 Å². The summed E-state index contributed by atoms with van der Waals surface area (Å²) in [7, 11) is 0. The van der Waals surface area contributed by atoms with Gasteiger partial charge < -0.3 is 4.74 Å². The van der Waals surface area contributed by atoms with Gasteiger partial charge in [-0.25, -0.2) is 0 Å². The molecular weight excluding hydrogens is 184 g/mol. The lowest BCUT2D eigenvalue weighted by molar-refractivity contribution is -0.136. The van der Waals surface area contributed by atoms with Gasteiger partial charge in [-0.05, 0) is 13.3 Å². The Balaban J connectivity index is 2.17. The average molecular weight is 200 g/mol. The fraction of sp³-hybridized carbons (Fsp3) is 0.778. The molecule has 1 rings (SSSR count). The number of carbonyl (C=O) groups excluding carboxylic acids is 2. The summed E-state index contributed by atoms with van der Waals surface area (Å²) in [6.45, 7) is 4.70. The SMILES string of the molecule is CCOCCCN1CC(=O)NC(=O)C1. The van der Waals surface area contributed by atoms with Crippen molar-refractivity contribution in [3.05, 3.63) is 0 Å². The summed E-state index contributed by atoms with van der Waals surface area (Å²) < 4.78 is 5.17. The van der Waals surface area contributed by atoms with Crippen LogP contribution in [0.1, 0.15) is 13.3 Å². The van der Waals surface area contributed by atoms with Crippen molar-refractivity contribution in [2.45, 2.75) is 13.3 Å². The lowest BCUT2D eigenvalue weighted by atomic mass is 10.3. The lowest BCUT2D eigenvalue weighted by Gasteiger charge is -2.24. The molecule has 0 radical (unpaired) electrons. The molecule has 1 heterocycles. The van der Waals surface area contributed by atoms with Gasteiger partial charge in [0.15, 0.2) is 0 Å². The molecule has 1 aliphatic heterocycles. The van der Waals surface area contributed by atoms with Crippen molar-refractivity contribution < 1.29 is 14.3 Å². The molecule has 2 amide bonds. The first-order valence-corrected chi connectivity index (χ1v) is 4.85. The van der Waals surface area contributed by atoms with Crippen LogP contribution >= 0.6 is 0 Å². The lowest BCUT2D eigenvalue weighted by Crippen LogP contribution is -2.51. The third-order valence-corrected chi connectivity index (χ3v) is 1.98. The Kier molecular flexibility index (Phi) is 4.55. The molecule has 0 aromatic carbocycles. The molecule has 14 heavy (non-hydrogen) atoms. The topological polar surface area (TPSA) is 58.6 Å². The number of imide groups is 1. The maximum absolute atomic E-state index is 11.0. The largest absolute Gasteiger partial charge is 0.382 e. The van der Waals surface area contributed by atoms with E-state index in [9.17, 15) is 9.59 Å². The molecule has 1 fully saturated rings. The minimum Gasteiger partial charge on any atom is -0.382 e. The molecule has 0 atom stereocenters. The first-order valence-electron chi connectivity index (χ1n) is 4.85. The van der Waals surface area contributed by atoms with Crippen molar-refractivity contribution in [1.82, 2.24) is 10.2 Å². The number of hydrogen-bond acceptors (Lipinski definition) is 4. The summed E-state index contributed by atoms with van der Waals surface area (Å²) in [5.41, 5.74) is 0. The highest BCUT2D eigenvalue weighted by atomic mass is 16.5. The number of piperazine rings is 1. The van der Waals surface area contributed by atoms with Crippen molar-refractivity contribution in [1.29, 1.82) is 0 Å². The molecule has 0 bridgehead atoms. The molecule has 1 saturated heterocycles. The van der Waals surface area contributed by atoms with Gasteiger partial charge in [0.25, 0.3) is 0 Å². The maximum Gasteiger partial charge on any atom is 0.240 e. The highest BCUT2D eigenvalue weighted by molar-refractivity contribution is 5.99. The van der Waals surface area contributed by atoms with Gasteiger partial charge in [-0.3, -0.25) is 19.8 Å². The molecule has 80 valence electrons. The van der Waals surface area contributed by atoms with Crippen LogP contribution in [0.5, 0.6) is 0 Å². The van der Waals surface area contributed by atoms with Crippen LogP contribution in [0, 0.1) is 0 Å². The third kappa shape index (κ3) is 3.85. The zero-order valence-electron chi connectivity index (χ0n) is 8.41. The Labute approximate surface area is 83.4 Å². The number of hydrogen-bond donors (Lipinski definition) is 1. The van der Waals surface area contributed by atoms with Crippen LogP contribution in [0.3, 0.4) is 0 Å². The van der Waals surface area contributed by atoms with E-state index in [2.05, 4.69) is 5.32 Å². The van der Waals surface area contributed by atoms with E-state index in [1.54, 1.807) is 0 Å². The van der Waals surface area contributed by atoms with Crippen molar-refractivity contribution in [3.63, 3.8) is 0 Å². The normalized spacial score (nSPS) is 18.4. The summed E-state index contributed by atoms with van der Waals surface area (Å²) >= 11 is 0. The van der Waals surface area contributed by atoms with E-state index >= 15 is 0 Å². The summed E-state index contributed by atoms with van der Waals surface area (Å²) in [6, 6.07) is 0. The number of amides is 2. The van der Waals surface area contributed by atoms with Gasteiger partial charge in [-0.2, -0.15) is 0 Å². The zero-order valence-corrected chi connectivity index (χ0v) is 8.41. The van der Waals surface area contributed by atoms with E-state index in [0.717, 1.165) is 13.0 Å². The molecule has 0 aromatic rings. The van der Waals surface area contributed by atoms with Gasteiger partial charge in [0.2, 0.25) is 11.8 Å².